The molecular weight excluding hydrogens is 504 g/mol. The largest absolute Gasteiger partial charge is 0.458 e. The number of aryl methyl sites for hydroxylation is 2. The van der Waals surface area contributed by atoms with E-state index in [1.807, 2.05) is 6.92 Å². The lowest BCUT2D eigenvalue weighted by Crippen LogP contribution is -2.52. The molecule has 3 heterocycles. The number of aromatic nitrogens is 4. The van der Waals surface area contributed by atoms with E-state index in [9.17, 15) is 18.4 Å². The Morgan fingerprint density at radius 3 is 2.54 bits per heavy atom. The molecule has 1 saturated heterocycles. The molecule has 1 saturated carbocycles. The smallest absolute Gasteiger partial charge is 0.317 e. The standard InChI is InChI=1S/C29H31F2N5O3/c1-17-15-33-27-34-24(35-36(27)16-17)13-20-23(37)14-29(39-26(20)38,19-7-5-6-8-19)10-9-18-11-21(30)25(22(31)12-18)28(2,3)32-4/h11-12,15-16,19-20H,5-10,13-14H2,1-3H3. The van der Waals surface area contributed by atoms with E-state index in [1.165, 1.54) is 30.5 Å². The summed E-state index contributed by atoms with van der Waals surface area (Å²) in [7, 11) is 0. The Bertz CT molecular complexity index is 1440. The van der Waals surface area contributed by atoms with Gasteiger partial charge in [0.2, 0.25) is 0 Å². The molecule has 39 heavy (non-hydrogen) atoms. The lowest BCUT2D eigenvalue weighted by atomic mass is 9.73. The average molecular weight is 536 g/mol. The predicted molar refractivity (Wildman–Crippen MR) is 137 cm³/mol. The quantitative estimate of drug-likeness (QED) is 0.238. The number of halogens is 2. The summed E-state index contributed by atoms with van der Waals surface area (Å²) in [6.07, 6.45) is 7.62. The molecule has 204 valence electrons. The maximum Gasteiger partial charge on any atom is 0.317 e. The maximum atomic E-state index is 14.9. The van der Waals surface area contributed by atoms with Gasteiger partial charge in [-0.3, -0.25) is 9.59 Å². The predicted octanol–water partition coefficient (Wildman–Crippen LogP) is 5.10. The number of benzene rings is 1. The number of carbonyl (C=O) groups excluding carboxylic acids is 2. The number of fused-ring (bicyclic) bond motifs is 1. The third-order valence-electron chi connectivity index (χ3n) is 8.13. The SMILES string of the molecule is [C-]#[N+]C(C)(C)c1c(F)cc(CCC2(C3CCCC3)CC(=O)C(Cc3nc4ncc(C)cn4n3)C(=O)O2)cc1F. The summed E-state index contributed by atoms with van der Waals surface area (Å²) in [6, 6.07) is 2.49. The van der Waals surface area contributed by atoms with E-state index in [-0.39, 0.29) is 42.9 Å². The Labute approximate surface area is 225 Å². The number of rotatable bonds is 7. The number of carbonyl (C=O) groups is 2. The zero-order valence-electron chi connectivity index (χ0n) is 22.3. The molecule has 0 amide bonds. The highest BCUT2D eigenvalue weighted by atomic mass is 19.1. The summed E-state index contributed by atoms with van der Waals surface area (Å²) in [5.74, 6) is -2.67. The summed E-state index contributed by atoms with van der Waals surface area (Å²) in [6.45, 7) is 12.1. The van der Waals surface area contributed by atoms with Crippen molar-refractivity contribution in [1.29, 1.82) is 0 Å². The molecule has 2 aliphatic rings. The van der Waals surface area contributed by atoms with Gasteiger partial charge in [0.05, 0.1) is 0 Å². The van der Waals surface area contributed by atoms with Crippen molar-refractivity contribution in [3.05, 3.63) is 70.1 Å². The van der Waals surface area contributed by atoms with Gasteiger partial charge in [0.15, 0.2) is 11.6 Å². The first kappa shape index (κ1) is 26.9. The van der Waals surface area contributed by atoms with E-state index in [4.69, 9.17) is 11.3 Å². The molecule has 10 heteroatoms. The van der Waals surface area contributed by atoms with Crippen LogP contribution in [0.3, 0.4) is 0 Å². The summed E-state index contributed by atoms with van der Waals surface area (Å²) < 4.78 is 37.4. The number of ether oxygens (including phenoxy) is 1. The highest BCUT2D eigenvalue weighted by Crippen LogP contribution is 2.45. The number of nitrogens with zero attached hydrogens (tertiary/aromatic N) is 5. The van der Waals surface area contributed by atoms with Crippen LogP contribution >= 0.6 is 0 Å². The Morgan fingerprint density at radius 1 is 1.21 bits per heavy atom. The van der Waals surface area contributed by atoms with Crippen molar-refractivity contribution in [1.82, 2.24) is 19.6 Å². The van der Waals surface area contributed by atoms with Crippen molar-refractivity contribution in [2.24, 2.45) is 11.8 Å². The Balaban J connectivity index is 1.36. The molecule has 1 aliphatic carbocycles. The van der Waals surface area contributed by atoms with Gasteiger partial charge in [0, 0.05) is 39.1 Å². The van der Waals surface area contributed by atoms with Gasteiger partial charge in [-0.15, -0.1) is 5.10 Å². The van der Waals surface area contributed by atoms with Crippen LogP contribution in [0.25, 0.3) is 10.6 Å². The maximum absolute atomic E-state index is 14.9. The fraction of sp³-hybridized carbons (Fsp3) is 0.517. The third-order valence-corrected chi connectivity index (χ3v) is 8.13. The van der Waals surface area contributed by atoms with Crippen LogP contribution in [0.1, 0.15) is 74.9 Å². The zero-order chi connectivity index (χ0) is 27.9. The summed E-state index contributed by atoms with van der Waals surface area (Å²) in [4.78, 5) is 38.6. The molecule has 3 aromatic rings. The summed E-state index contributed by atoms with van der Waals surface area (Å²) in [5.41, 5.74) is -1.32. The van der Waals surface area contributed by atoms with Gasteiger partial charge >= 0.3 is 5.97 Å². The van der Waals surface area contributed by atoms with E-state index in [2.05, 4.69) is 19.9 Å². The van der Waals surface area contributed by atoms with Gasteiger partial charge in [-0.2, -0.15) is 4.98 Å². The molecular formula is C29H31F2N5O3. The molecule has 8 nitrogen and oxygen atoms in total. The van der Waals surface area contributed by atoms with Crippen LogP contribution in [0, 0.1) is 37.0 Å². The van der Waals surface area contributed by atoms with Gasteiger partial charge in [0.1, 0.15) is 28.7 Å². The second-order valence-corrected chi connectivity index (χ2v) is 11.4. The van der Waals surface area contributed by atoms with Gasteiger partial charge < -0.3 is 9.58 Å². The van der Waals surface area contributed by atoms with Crippen molar-refractivity contribution in [3.63, 3.8) is 0 Å². The molecule has 1 aliphatic heterocycles. The van der Waals surface area contributed by atoms with Crippen LogP contribution in [0.2, 0.25) is 0 Å². The van der Waals surface area contributed by atoms with Crippen molar-refractivity contribution in [2.75, 3.05) is 0 Å². The minimum atomic E-state index is -1.33. The van der Waals surface area contributed by atoms with Gasteiger partial charge in [-0.05, 0) is 61.8 Å². The molecule has 2 unspecified atom stereocenters. The first-order valence-corrected chi connectivity index (χ1v) is 13.3. The highest BCUT2D eigenvalue weighted by molar-refractivity contribution is 6.01. The molecule has 1 aromatic carbocycles. The lowest BCUT2D eigenvalue weighted by molar-refractivity contribution is -0.185. The normalized spacial score (nSPS) is 22.3. The fourth-order valence-electron chi connectivity index (χ4n) is 6.03. The summed E-state index contributed by atoms with van der Waals surface area (Å²) in [5, 5.41) is 4.37. The van der Waals surface area contributed by atoms with Crippen molar-refractivity contribution < 1.29 is 23.1 Å². The second-order valence-electron chi connectivity index (χ2n) is 11.4. The van der Waals surface area contributed by atoms with Crippen molar-refractivity contribution in [2.45, 2.75) is 83.3 Å². The van der Waals surface area contributed by atoms with E-state index >= 15 is 0 Å². The number of ketones is 1. The van der Waals surface area contributed by atoms with E-state index in [0.717, 1.165) is 31.2 Å². The minimum Gasteiger partial charge on any atom is -0.458 e. The van der Waals surface area contributed by atoms with Crippen LogP contribution in [0.15, 0.2) is 24.5 Å². The van der Waals surface area contributed by atoms with Crippen molar-refractivity contribution in [3.8, 4) is 0 Å². The Morgan fingerprint density at radius 2 is 1.90 bits per heavy atom. The first-order valence-electron chi connectivity index (χ1n) is 13.3. The molecule has 2 atom stereocenters. The molecule has 0 N–H and O–H groups in total. The zero-order valence-corrected chi connectivity index (χ0v) is 22.3. The molecule has 2 fully saturated rings. The molecule has 5 rings (SSSR count). The third kappa shape index (κ3) is 5.14. The number of hydrogen-bond acceptors (Lipinski definition) is 6. The van der Waals surface area contributed by atoms with Crippen LogP contribution in [-0.4, -0.2) is 36.9 Å². The molecule has 0 bridgehead atoms. The van der Waals surface area contributed by atoms with E-state index < -0.39 is 34.7 Å². The van der Waals surface area contributed by atoms with E-state index in [1.54, 1.807) is 12.4 Å². The van der Waals surface area contributed by atoms with Crippen LogP contribution < -0.4 is 0 Å². The Hall–Kier alpha value is -3.74. The minimum absolute atomic E-state index is 0.00172. The van der Waals surface area contributed by atoms with Crippen LogP contribution in [-0.2, 0) is 32.7 Å². The van der Waals surface area contributed by atoms with E-state index in [0.29, 0.717) is 17.2 Å². The van der Waals surface area contributed by atoms with Gasteiger partial charge in [-0.25, -0.2) is 24.9 Å². The summed E-state index contributed by atoms with van der Waals surface area (Å²) >= 11 is 0. The monoisotopic (exact) mass is 535 g/mol. The van der Waals surface area contributed by atoms with Gasteiger partial charge in [0.25, 0.3) is 11.3 Å². The lowest BCUT2D eigenvalue weighted by Gasteiger charge is -2.43. The second kappa shape index (κ2) is 10.1. The molecule has 0 spiro atoms. The van der Waals surface area contributed by atoms with Gasteiger partial charge in [-0.1, -0.05) is 12.8 Å². The number of cyclic esters (lactones) is 1. The highest BCUT2D eigenvalue weighted by Gasteiger charge is 2.51. The Kier molecular flexibility index (Phi) is 6.95. The topological polar surface area (TPSA) is 90.8 Å². The molecule has 2 aromatic heterocycles. The van der Waals surface area contributed by atoms with Crippen molar-refractivity contribution >= 4 is 17.5 Å². The number of hydrogen-bond donors (Lipinski definition) is 0. The molecule has 0 radical (unpaired) electrons. The van der Waals surface area contributed by atoms with Crippen LogP contribution in [0.4, 0.5) is 8.78 Å². The fourth-order valence-corrected chi connectivity index (χ4v) is 6.03. The number of esters is 1. The first-order chi connectivity index (χ1) is 18.5. The number of Topliss-reactive ketones (excluding diaryl/α,β-unsaturated/α-hetero) is 1. The van der Waals surface area contributed by atoms with Crippen LogP contribution in [0.5, 0.6) is 0 Å². The average Bonchev–Trinajstić information content (AvgIpc) is 3.55.